The van der Waals surface area contributed by atoms with Crippen LogP contribution in [0.15, 0.2) is 24.3 Å². The summed E-state index contributed by atoms with van der Waals surface area (Å²) in [5.41, 5.74) is 2.22. The van der Waals surface area contributed by atoms with Crippen LogP contribution in [0.2, 0.25) is 0 Å². The van der Waals surface area contributed by atoms with Crippen LogP contribution < -0.4 is 5.32 Å². The molecule has 15 heavy (non-hydrogen) atoms. The largest absolute Gasteiger partial charge is 0.383 e. The van der Waals surface area contributed by atoms with Gasteiger partial charge in [0.05, 0.1) is 13.0 Å². The summed E-state index contributed by atoms with van der Waals surface area (Å²) in [6.07, 6.45) is 0.436. The molecule has 0 bridgehead atoms. The van der Waals surface area contributed by atoms with E-state index in [4.69, 9.17) is 4.74 Å². The minimum Gasteiger partial charge on any atom is -0.383 e. The molecule has 0 fully saturated rings. The van der Waals surface area contributed by atoms with E-state index in [2.05, 4.69) is 5.32 Å². The molecule has 82 valence electrons. The number of amides is 1. The Hall–Kier alpha value is -1.35. The minimum absolute atomic E-state index is 0.0395. The molecule has 3 nitrogen and oxygen atoms in total. The van der Waals surface area contributed by atoms with Gasteiger partial charge in [0.15, 0.2) is 0 Å². The molecular weight excluding hydrogens is 190 g/mol. The molecule has 1 aromatic rings. The van der Waals surface area contributed by atoms with Crippen molar-refractivity contribution in [2.75, 3.05) is 20.3 Å². The number of benzene rings is 1. The van der Waals surface area contributed by atoms with E-state index in [9.17, 15) is 4.79 Å². The molecule has 0 saturated carbocycles. The molecule has 0 aliphatic carbocycles. The Kier molecular flexibility index (Phi) is 4.84. The fourth-order valence-electron chi connectivity index (χ4n) is 1.36. The second kappa shape index (κ2) is 6.19. The topological polar surface area (TPSA) is 38.3 Å². The number of aryl methyl sites for hydroxylation is 1. The molecule has 0 unspecified atom stereocenters. The first-order valence-electron chi connectivity index (χ1n) is 5.03. The molecule has 1 rings (SSSR count). The molecule has 1 amide bonds. The number of carbonyl (C=O) groups is 1. The summed E-state index contributed by atoms with van der Waals surface area (Å²) >= 11 is 0. The number of rotatable bonds is 5. The van der Waals surface area contributed by atoms with Gasteiger partial charge in [0.2, 0.25) is 5.91 Å². The van der Waals surface area contributed by atoms with Crippen LogP contribution in [-0.4, -0.2) is 26.2 Å². The van der Waals surface area contributed by atoms with Crippen molar-refractivity contribution < 1.29 is 9.53 Å². The molecule has 0 aromatic heterocycles. The van der Waals surface area contributed by atoms with Gasteiger partial charge in [-0.25, -0.2) is 0 Å². The number of hydrogen-bond donors (Lipinski definition) is 1. The third-order valence-corrected chi connectivity index (χ3v) is 2.08. The Morgan fingerprint density at radius 1 is 1.47 bits per heavy atom. The van der Waals surface area contributed by atoms with Crippen molar-refractivity contribution in [2.45, 2.75) is 13.3 Å². The molecule has 3 heteroatoms. The highest BCUT2D eigenvalue weighted by molar-refractivity contribution is 5.78. The highest BCUT2D eigenvalue weighted by Crippen LogP contribution is 2.04. The van der Waals surface area contributed by atoms with Gasteiger partial charge in [-0.15, -0.1) is 0 Å². The van der Waals surface area contributed by atoms with Crippen LogP contribution in [-0.2, 0) is 16.0 Å². The van der Waals surface area contributed by atoms with Crippen LogP contribution in [0.3, 0.4) is 0 Å². The fraction of sp³-hybridized carbons (Fsp3) is 0.417. The maximum Gasteiger partial charge on any atom is 0.224 e. The van der Waals surface area contributed by atoms with Crippen LogP contribution in [0.1, 0.15) is 11.1 Å². The van der Waals surface area contributed by atoms with E-state index >= 15 is 0 Å². The first-order chi connectivity index (χ1) is 7.22. The summed E-state index contributed by atoms with van der Waals surface area (Å²) < 4.78 is 4.85. The monoisotopic (exact) mass is 207 g/mol. The van der Waals surface area contributed by atoms with Crippen molar-refractivity contribution in [3.8, 4) is 0 Å². The number of nitrogens with one attached hydrogen (secondary N) is 1. The Balaban J connectivity index is 2.37. The molecular formula is C12H17NO2. The van der Waals surface area contributed by atoms with Crippen LogP contribution in [0.4, 0.5) is 0 Å². The lowest BCUT2D eigenvalue weighted by atomic mass is 10.1. The molecule has 0 aliphatic rings. The Morgan fingerprint density at radius 2 is 2.27 bits per heavy atom. The molecule has 0 saturated heterocycles. The summed E-state index contributed by atoms with van der Waals surface area (Å²) in [6.45, 7) is 3.15. The van der Waals surface area contributed by atoms with Crippen molar-refractivity contribution in [1.29, 1.82) is 0 Å². The second-order valence-corrected chi connectivity index (χ2v) is 3.51. The Labute approximate surface area is 90.4 Å². The van der Waals surface area contributed by atoms with E-state index in [1.807, 2.05) is 31.2 Å². The van der Waals surface area contributed by atoms with E-state index < -0.39 is 0 Å². The minimum atomic E-state index is 0.0395. The molecule has 0 atom stereocenters. The lowest BCUT2D eigenvalue weighted by Gasteiger charge is -2.04. The summed E-state index contributed by atoms with van der Waals surface area (Å²) in [5, 5.41) is 2.79. The van der Waals surface area contributed by atoms with E-state index in [0.717, 1.165) is 5.56 Å². The Bertz CT molecular complexity index is 323. The Morgan fingerprint density at radius 3 is 2.93 bits per heavy atom. The zero-order chi connectivity index (χ0) is 11.1. The van der Waals surface area contributed by atoms with Gasteiger partial charge in [-0.3, -0.25) is 4.79 Å². The number of ether oxygens (including phenoxy) is 1. The van der Waals surface area contributed by atoms with E-state index in [-0.39, 0.29) is 5.91 Å². The van der Waals surface area contributed by atoms with Crippen molar-refractivity contribution in [3.63, 3.8) is 0 Å². The van der Waals surface area contributed by atoms with Crippen molar-refractivity contribution in [3.05, 3.63) is 35.4 Å². The normalized spacial score (nSPS) is 10.0. The molecule has 1 N–H and O–H groups in total. The maximum atomic E-state index is 11.4. The standard InChI is InChI=1S/C12H17NO2/c1-10-4-3-5-11(8-10)9-12(14)13-6-7-15-2/h3-5,8H,6-7,9H2,1-2H3,(H,13,14). The van der Waals surface area contributed by atoms with E-state index in [1.54, 1.807) is 7.11 Å². The summed E-state index contributed by atoms with van der Waals surface area (Å²) in [6, 6.07) is 7.97. The zero-order valence-corrected chi connectivity index (χ0v) is 9.25. The lowest BCUT2D eigenvalue weighted by Crippen LogP contribution is -2.28. The zero-order valence-electron chi connectivity index (χ0n) is 9.25. The number of carbonyl (C=O) groups excluding carboxylic acids is 1. The summed E-state index contributed by atoms with van der Waals surface area (Å²) in [7, 11) is 1.62. The van der Waals surface area contributed by atoms with E-state index in [1.165, 1.54) is 5.56 Å². The van der Waals surface area contributed by atoms with Crippen molar-refractivity contribution in [2.24, 2.45) is 0 Å². The van der Waals surface area contributed by atoms with Crippen LogP contribution >= 0.6 is 0 Å². The average Bonchev–Trinajstić information content (AvgIpc) is 2.18. The molecule has 0 aliphatic heterocycles. The van der Waals surface area contributed by atoms with E-state index in [0.29, 0.717) is 19.6 Å². The average molecular weight is 207 g/mol. The smallest absolute Gasteiger partial charge is 0.224 e. The third-order valence-electron chi connectivity index (χ3n) is 2.08. The van der Waals surface area contributed by atoms with Gasteiger partial charge in [0.1, 0.15) is 0 Å². The van der Waals surface area contributed by atoms with Crippen molar-refractivity contribution in [1.82, 2.24) is 5.32 Å². The highest BCUT2D eigenvalue weighted by atomic mass is 16.5. The SMILES string of the molecule is COCCNC(=O)Cc1cccc(C)c1. The first-order valence-corrected chi connectivity index (χ1v) is 5.03. The first kappa shape index (κ1) is 11.7. The summed E-state index contributed by atoms with van der Waals surface area (Å²) in [5.74, 6) is 0.0395. The predicted octanol–water partition coefficient (Wildman–Crippen LogP) is 1.30. The van der Waals surface area contributed by atoms with Crippen molar-refractivity contribution >= 4 is 5.91 Å². The molecule has 0 spiro atoms. The van der Waals surface area contributed by atoms with Gasteiger partial charge >= 0.3 is 0 Å². The third kappa shape index (κ3) is 4.61. The summed E-state index contributed by atoms with van der Waals surface area (Å²) in [4.78, 5) is 11.4. The van der Waals surface area contributed by atoms with Gasteiger partial charge in [-0.2, -0.15) is 0 Å². The maximum absolute atomic E-state index is 11.4. The predicted molar refractivity (Wildman–Crippen MR) is 59.8 cm³/mol. The van der Waals surface area contributed by atoms with Gasteiger partial charge in [0, 0.05) is 13.7 Å². The van der Waals surface area contributed by atoms with Crippen LogP contribution in [0.25, 0.3) is 0 Å². The fourth-order valence-corrected chi connectivity index (χ4v) is 1.36. The van der Waals surface area contributed by atoms with Gasteiger partial charge in [0.25, 0.3) is 0 Å². The quantitative estimate of drug-likeness (QED) is 0.739. The van der Waals surface area contributed by atoms with Gasteiger partial charge in [-0.05, 0) is 12.5 Å². The molecule has 1 aromatic carbocycles. The lowest BCUT2D eigenvalue weighted by molar-refractivity contribution is -0.120. The van der Waals surface area contributed by atoms with Gasteiger partial charge < -0.3 is 10.1 Å². The number of hydrogen-bond acceptors (Lipinski definition) is 2. The van der Waals surface area contributed by atoms with Crippen LogP contribution in [0, 0.1) is 6.92 Å². The van der Waals surface area contributed by atoms with Gasteiger partial charge in [-0.1, -0.05) is 29.8 Å². The second-order valence-electron chi connectivity index (χ2n) is 3.51. The number of methoxy groups -OCH3 is 1. The highest BCUT2D eigenvalue weighted by Gasteiger charge is 2.02. The van der Waals surface area contributed by atoms with Crippen LogP contribution in [0.5, 0.6) is 0 Å². The molecule has 0 radical (unpaired) electrons. The molecule has 0 heterocycles.